The Labute approximate surface area is 150 Å². The summed E-state index contributed by atoms with van der Waals surface area (Å²) in [6.45, 7) is 12.3. The zero-order valence-electron chi connectivity index (χ0n) is 16.4. The molecule has 0 unspecified atom stereocenters. The highest BCUT2D eigenvalue weighted by molar-refractivity contribution is 5.95. The number of ether oxygens (including phenoxy) is 1. The van der Waals surface area contributed by atoms with Crippen LogP contribution in [0.2, 0.25) is 0 Å². The van der Waals surface area contributed by atoms with E-state index < -0.39 is 17.2 Å². The Morgan fingerprint density at radius 2 is 1.64 bits per heavy atom. The topological polar surface area (TPSA) is 70.7 Å². The number of nitrogens with zero attached hydrogens (tertiary/aromatic N) is 1. The minimum atomic E-state index is -0.604. The normalized spacial score (nSPS) is 11.6. The SMILES string of the molecule is CCN(C)c1ccc(C(=O)NC(C)(C)CNC(=O)OC(C)(C)C)cc1. The molecule has 1 aromatic rings. The van der Waals surface area contributed by atoms with Gasteiger partial charge in [-0.25, -0.2) is 4.79 Å². The van der Waals surface area contributed by atoms with E-state index >= 15 is 0 Å². The van der Waals surface area contributed by atoms with Gasteiger partial charge >= 0.3 is 6.09 Å². The number of rotatable bonds is 6. The van der Waals surface area contributed by atoms with E-state index in [4.69, 9.17) is 4.74 Å². The molecule has 0 atom stereocenters. The molecule has 1 rings (SSSR count). The molecule has 0 spiro atoms. The van der Waals surface area contributed by atoms with Crippen LogP contribution < -0.4 is 15.5 Å². The fourth-order valence-corrected chi connectivity index (χ4v) is 2.08. The summed E-state index contributed by atoms with van der Waals surface area (Å²) in [6, 6.07) is 7.44. The second-order valence-corrected chi connectivity index (χ2v) is 7.75. The van der Waals surface area contributed by atoms with Crippen molar-refractivity contribution in [1.82, 2.24) is 10.6 Å². The first-order chi connectivity index (χ1) is 11.4. The standard InChI is InChI=1S/C19H31N3O3/c1-8-22(7)15-11-9-14(10-12-15)16(23)21-19(5,6)13-20-17(24)25-18(2,3)4/h9-12H,8,13H2,1-7H3,(H,20,24)(H,21,23). The maximum absolute atomic E-state index is 12.4. The van der Waals surface area contributed by atoms with Gasteiger partial charge in [-0.3, -0.25) is 4.79 Å². The van der Waals surface area contributed by atoms with Crippen molar-refractivity contribution >= 4 is 17.7 Å². The number of anilines is 1. The fourth-order valence-electron chi connectivity index (χ4n) is 2.08. The van der Waals surface area contributed by atoms with Crippen LogP contribution in [0.4, 0.5) is 10.5 Å². The minimum absolute atomic E-state index is 0.179. The van der Waals surface area contributed by atoms with Crippen LogP contribution in [0.5, 0.6) is 0 Å². The molecule has 0 aliphatic carbocycles. The van der Waals surface area contributed by atoms with Crippen molar-refractivity contribution in [2.45, 2.75) is 52.7 Å². The average Bonchev–Trinajstić information content (AvgIpc) is 2.50. The number of carbonyl (C=O) groups excluding carboxylic acids is 2. The molecule has 2 amide bonds. The van der Waals surface area contributed by atoms with Crippen molar-refractivity contribution in [2.75, 3.05) is 25.0 Å². The number of hydrogen-bond acceptors (Lipinski definition) is 4. The van der Waals surface area contributed by atoms with Gasteiger partial charge in [0.15, 0.2) is 0 Å². The van der Waals surface area contributed by atoms with Gasteiger partial charge in [0.25, 0.3) is 5.91 Å². The monoisotopic (exact) mass is 349 g/mol. The third-order valence-electron chi connectivity index (χ3n) is 3.57. The Bertz CT molecular complexity index is 589. The summed E-state index contributed by atoms with van der Waals surface area (Å²) in [5.74, 6) is -0.179. The van der Waals surface area contributed by atoms with Crippen LogP contribution in [-0.4, -0.2) is 43.3 Å². The van der Waals surface area contributed by atoms with Crippen molar-refractivity contribution in [2.24, 2.45) is 0 Å². The number of benzene rings is 1. The number of amides is 2. The third kappa shape index (κ3) is 7.45. The van der Waals surface area contributed by atoms with Gasteiger partial charge in [0.2, 0.25) is 0 Å². The molecule has 0 aromatic heterocycles. The first kappa shape index (κ1) is 20.8. The molecule has 6 heteroatoms. The van der Waals surface area contributed by atoms with E-state index in [0.29, 0.717) is 5.56 Å². The van der Waals surface area contributed by atoms with Crippen LogP contribution >= 0.6 is 0 Å². The summed E-state index contributed by atoms with van der Waals surface area (Å²) < 4.78 is 5.20. The minimum Gasteiger partial charge on any atom is -0.444 e. The molecule has 1 aromatic carbocycles. The van der Waals surface area contributed by atoms with Crippen molar-refractivity contribution in [3.8, 4) is 0 Å². The predicted octanol–water partition coefficient (Wildman–Crippen LogP) is 3.18. The molecule has 0 saturated heterocycles. The zero-order chi connectivity index (χ0) is 19.3. The van der Waals surface area contributed by atoms with Gasteiger partial charge in [-0.1, -0.05) is 0 Å². The average molecular weight is 349 g/mol. The smallest absolute Gasteiger partial charge is 0.407 e. The van der Waals surface area contributed by atoms with Gasteiger partial charge in [0, 0.05) is 31.4 Å². The molecule has 0 fully saturated rings. The predicted molar refractivity (Wildman–Crippen MR) is 101 cm³/mol. The molecule has 0 saturated carbocycles. The van der Waals surface area contributed by atoms with Crippen molar-refractivity contribution in [1.29, 1.82) is 0 Å². The van der Waals surface area contributed by atoms with Crippen molar-refractivity contribution in [3.63, 3.8) is 0 Å². The second kappa shape index (κ2) is 8.23. The second-order valence-electron chi connectivity index (χ2n) is 7.75. The van der Waals surface area contributed by atoms with Gasteiger partial charge in [-0.2, -0.15) is 0 Å². The molecule has 25 heavy (non-hydrogen) atoms. The summed E-state index contributed by atoms with van der Waals surface area (Å²) in [7, 11) is 2.00. The Kier molecular flexibility index (Phi) is 6.85. The highest BCUT2D eigenvalue weighted by Crippen LogP contribution is 2.14. The number of alkyl carbamates (subject to hydrolysis) is 1. The Morgan fingerprint density at radius 1 is 1.08 bits per heavy atom. The van der Waals surface area contributed by atoms with Crippen LogP contribution in [0.25, 0.3) is 0 Å². The molecule has 140 valence electrons. The molecule has 0 aliphatic heterocycles. The highest BCUT2D eigenvalue weighted by atomic mass is 16.6. The summed E-state index contributed by atoms with van der Waals surface area (Å²) >= 11 is 0. The molecule has 6 nitrogen and oxygen atoms in total. The number of nitrogens with one attached hydrogen (secondary N) is 2. The molecular formula is C19H31N3O3. The van der Waals surface area contributed by atoms with Crippen LogP contribution in [0.15, 0.2) is 24.3 Å². The van der Waals surface area contributed by atoms with Gasteiger partial charge in [0.05, 0.1) is 5.54 Å². The van der Waals surface area contributed by atoms with Crippen molar-refractivity contribution < 1.29 is 14.3 Å². The summed E-state index contributed by atoms with van der Waals surface area (Å²) in [4.78, 5) is 26.2. The van der Waals surface area contributed by atoms with E-state index in [-0.39, 0.29) is 12.5 Å². The molecule has 2 N–H and O–H groups in total. The van der Waals surface area contributed by atoms with E-state index in [0.717, 1.165) is 12.2 Å². The lowest BCUT2D eigenvalue weighted by atomic mass is 10.0. The third-order valence-corrected chi connectivity index (χ3v) is 3.57. The Balaban J connectivity index is 2.60. The van der Waals surface area contributed by atoms with Gasteiger partial charge in [-0.15, -0.1) is 0 Å². The molecule has 0 aliphatic rings. The van der Waals surface area contributed by atoms with E-state index in [1.54, 1.807) is 32.9 Å². The largest absolute Gasteiger partial charge is 0.444 e. The van der Waals surface area contributed by atoms with E-state index in [1.807, 2.05) is 33.0 Å². The van der Waals surface area contributed by atoms with Gasteiger partial charge in [0.1, 0.15) is 5.60 Å². The van der Waals surface area contributed by atoms with Gasteiger partial charge < -0.3 is 20.3 Å². The lowest BCUT2D eigenvalue weighted by molar-refractivity contribution is 0.0509. The number of carbonyl (C=O) groups is 2. The first-order valence-electron chi connectivity index (χ1n) is 8.54. The quantitative estimate of drug-likeness (QED) is 0.827. The van der Waals surface area contributed by atoms with Gasteiger partial charge in [-0.05, 0) is 65.8 Å². The summed E-state index contributed by atoms with van der Waals surface area (Å²) in [5.41, 5.74) is 0.487. The molecular weight excluding hydrogens is 318 g/mol. The number of hydrogen-bond donors (Lipinski definition) is 2. The molecule has 0 radical (unpaired) electrons. The Morgan fingerprint density at radius 3 is 2.12 bits per heavy atom. The fraction of sp³-hybridized carbons (Fsp3) is 0.579. The first-order valence-corrected chi connectivity index (χ1v) is 8.54. The molecule has 0 heterocycles. The molecule has 0 bridgehead atoms. The van der Waals surface area contributed by atoms with E-state index in [9.17, 15) is 9.59 Å². The summed E-state index contributed by atoms with van der Waals surface area (Å²) in [5, 5.41) is 5.62. The van der Waals surface area contributed by atoms with Crippen LogP contribution in [0.3, 0.4) is 0 Å². The zero-order valence-corrected chi connectivity index (χ0v) is 16.4. The van der Waals surface area contributed by atoms with E-state index in [1.165, 1.54) is 0 Å². The Hall–Kier alpha value is -2.24. The van der Waals surface area contributed by atoms with Crippen molar-refractivity contribution in [3.05, 3.63) is 29.8 Å². The van der Waals surface area contributed by atoms with Crippen LogP contribution in [-0.2, 0) is 4.74 Å². The highest BCUT2D eigenvalue weighted by Gasteiger charge is 2.24. The van der Waals surface area contributed by atoms with E-state index in [2.05, 4.69) is 22.5 Å². The lowest BCUT2D eigenvalue weighted by Crippen LogP contribution is -2.52. The van der Waals surface area contributed by atoms with Crippen LogP contribution in [0.1, 0.15) is 51.9 Å². The maximum Gasteiger partial charge on any atom is 0.407 e. The lowest BCUT2D eigenvalue weighted by Gasteiger charge is -2.28. The maximum atomic E-state index is 12.4. The van der Waals surface area contributed by atoms with Crippen LogP contribution in [0, 0.1) is 0 Å². The summed E-state index contributed by atoms with van der Waals surface area (Å²) in [6.07, 6.45) is -0.498.